The van der Waals surface area contributed by atoms with Gasteiger partial charge in [-0.15, -0.1) is 0 Å². The van der Waals surface area contributed by atoms with Crippen LogP contribution >= 0.6 is 0 Å². The molecule has 1 aliphatic heterocycles. The summed E-state index contributed by atoms with van der Waals surface area (Å²) in [5, 5.41) is 3.05. The van der Waals surface area contributed by atoms with Gasteiger partial charge in [0, 0.05) is 25.6 Å². The molecule has 0 unspecified atom stereocenters. The molecule has 0 radical (unpaired) electrons. The van der Waals surface area contributed by atoms with Gasteiger partial charge in [0.1, 0.15) is 11.6 Å². The molecular weight excluding hydrogens is 352 g/mol. The molecule has 6 heteroatoms. The van der Waals surface area contributed by atoms with Gasteiger partial charge in [0.05, 0.1) is 24.2 Å². The summed E-state index contributed by atoms with van der Waals surface area (Å²) in [6.45, 7) is 4.31. The van der Waals surface area contributed by atoms with Crippen molar-refractivity contribution in [3.63, 3.8) is 0 Å². The van der Waals surface area contributed by atoms with Gasteiger partial charge in [-0.25, -0.2) is 4.98 Å². The largest absolute Gasteiger partial charge is 0.497 e. The minimum atomic E-state index is -0.128. The van der Waals surface area contributed by atoms with Crippen molar-refractivity contribution in [1.29, 1.82) is 0 Å². The van der Waals surface area contributed by atoms with Crippen LogP contribution in [0.3, 0.4) is 0 Å². The fourth-order valence-corrected chi connectivity index (χ4v) is 3.60. The van der Waals surface area contributed by atoms with Gasteiger partial charge in [-0.1, -0.05) is 24.3 Å². The quantitative estimate of drug-likeness (QED) is 0.663. The number of aromatic nitrogens is 2. The number of hydrogen-bond donors (Lipinski definition) is 2. The number of benzene rings is 2. The summed E-state index contributed by atoms with van der Waals surface area (Å²) in [5.74, 6) is 2.31. The third kappa shape index (κ3) is 3.87. The molecule has 2 aromatic carbocycles. The van der Waals surface area contributed by atoms with Gasteiger partial charge in [-0.05, 0) is 43.2 Å². The monoisotopic (exact) mass is 378 g/mol. The lowest BCUT2D eigenvalue weighted by Crippen LogP contribution is -2.55. The molecule has 1 fully saturated rings. The van der Waals surface area contributed by atoms with Crippen LogP contribution in [0.1, 0.15) is 24.2 Å². The molecule has 0 bridgehead atoms. The number of imidazole rings is 1. The van der Waals surface area contributed by atoms with Crippen LogP contribution in [-0.2, 0) is 11.2 Å². The highest BCUT2D eigenvalue weighted by Crippen LogP contribution is 2.28. The maximum atomic E-state index is 12.5. The number of amides is 1. The first-order valence-corrected chi connectivity index (χ1v) is 9.73. The molecule has 0 aliphatic carbocycles. The van der Waals surface area contributed by atoms with Gasteiger partial charge in [0.25, 0.3) is 0 Å². The molecule has 0 spiro atoms. The lowest BCUT2D eigenvalue weighted by Gasteiger charge is -2.41. The molecule has 1 amide bonds. The number of aromatic amines is 1. The molecule has 0 saturated carbocycles. The first kappa shape index (κ1) is 18.5. The molecule has 1 aliphatic rings. The van der Waals surface area contributed by atoms with E-state index in [-0.39, 0.29) is 11.9 Å². The highest BCUT2D eigenvalue weighted by molar-refractivity contribution is 5.81. The van der Waals surface area contributed by atoms with E-state index < -0.39 is 0 Å². The maximum Gasteiger partial charge on any atom is 0.237 e. The average Bonchev–Trinajstić information content (AvgIpc) is 3.10. The van der Waals surface area contributed by atoms with Crippen LogP contribution in [0, 0.1) is 0 Å². The highest BCUT2D eigenvalue weighted by atomic mass is 16.5. The van der Waals surface area contributed by atoms with Crippen molar-refractivity contribution in [2.75, 3.05) is 26.7 Å². The second-order valence-corrected chi connectivity index (χ2v) is 7.36. The minimum Gasteiger partial charge on any atom is -0.497 e. The van der Waals surface area contributed by atoms with E-state index in [1.807, 2.05) is 55.5 Å². The summed E-state index contributed by atoms with van der Waals surface area (Å²) >= 11 is 0. The minimum absolute atomic E-state index is 0.0802. The van der Waals surface area contributed by atoms with Gasteiger partial charge in [0.15, 0.2) is 0 Å². The summed E-state index contributed by atoms with van der Waals surface area (Å²) < 4.78 is 5.16. The smallest absolute Gasteiger partial charge is 0.237 e. The standard InChI is InChI=1S/C22H26N4O2/c1-15(22(27)23-12-11-16-7-9-18(28-2)10-8-16)26-13-17(14-26)21-24-19-5-3-4-6-20(19)25-21/h3-10,15,17H,11-14H2,1-2H3,(H,23,27)(H,24,25)/t15-/m0/s1. The van der Waals surface area contributed by atoms with E-state index in [4.69, 9.17) is 4.74 Å². The molecule has 3 aromatic rings. The molecule has 146 valence electrons. The second-order valence-electron chi connectivity index (χ2n) is 7.36. The van der Waals surface area contributed by atoms with E-state index in [1.165, 1.54) is 5.56 Å². The Kier molecular flexibility index (Phi) is 5.30. The summed E-state index contributed by atoms with van der Waals surface area (Å²) in [4.78, 5) is 22.7. The van der Waals surface area contributed by atoms with Crippen LogP contribution in [0.4, 0.5) is 0 Å². The van der Waals surface area contributed by atoms with Gasteiger partial charge < -0.3 is 15.0 Å². The van der Waals surface area contributed by atoms with Crippen LogP contribution in [-0.4, -0.2) is 53.6 Å². The Hall–Kier alpha value is -2.86. The normalized spacial score (nSPS) is 15.9. The number of fused-ring (bicyclic) bond motifs is 1. The SMILES string of the molecule is COc1ccc(CCNC(=O)[C@H](C)N2CC(c3nc4ccccc4[nH]3)C2)cc1. The Bertz CT molecular complexity index is 912. The van der Waals surface area contributed by atoms with Crippen LogP contribution in [0.25, 0.3) is 11.0 Å². The number of likely N-dealkylation sites (tertiary alicyclic amines) is 1. The summed E-state index contributed by atoms with van der Waals surface area (Å²) in [7, 11) is 1.66. The third-order valence-electron chi connectivity index (χ3n) is 5.50. The van der Waals surface area contributed by atoms with E-state index in [1.54, 1.807) is 7.11 Å². The van der Waals surface area contributed by atoms with Gasteiger partial charge in [-0.2, -0.15) is 0 Å². The number of para-hydroxylation sites is 2. The zero-order chi connectivity index (χ0) is 19.5. The maximum absolute atomic E-state index is 12.5. The number of carbonyl (C=O) groups is 1. The molecule has 1 aromatic heterocycles. The first-order chi connectivity index (χ1) is 13.6. The van der Waals surface area contributed by atoms with Crippen molar-refractivity contribution in [3.05, 3.63) is 59.9 Å². The fraction of sp³-hybridized carbons (Fsp3) is 0.364. The Morgan fingerprint density at radius 2 is 2.00 bits per heavy atom. The molecule has 6 nitrogen and oxygen atoms in total. The number of ether oxygens (including phenoxy) is 1. The second kappa shape index (κ2) is 8.02. The van der Waals surface area contributed by atoms with Crippen molar-refractivity contribution in [3.8, 4) is 5.75 Å². The molecule has 4 rings (SSSR count). The molecular formula is C22H26N4O2. The molecule has 28 heavy (non-hydrogen) atoms. The molecule has 2 N–H and O–H groups in total. The molecule has 2 heterocycles. The number of carbonyl (C=O) groups excluding carboxylic acids is 1. The fourth-order valence-electron chi connectivity index (χ4n) is 3.60. The molecule has 1 saturated heterocycles. The third-order valence-corrected chi connectivity index (χ3v) is 5.50. The van der Waals surface area contributed by atoms with E-state index in [9.17, 15) is 4.79 Å². The number of nitrogens with one attached hydrogen (secondary N) is 2. The number of hydrogen-bond acceptors (Lipinski definition) is 4. The lowest BCUT2D eigenvalue weighted by molar-refractivity contribution is -0.127. The van der Waals surface area contributed by atoms with E-state index in [0.717, 1.165) is 42.1 Å². The zero-order valence-electron chi connectivity index (χ0n) is 16.3. The number of rotatable bonds is 7. The van der Waals surface area contributed by atoms with E-state index in [0.29, 0.717) is 12.5 Å². The summed E-state index contributed by atoms with van der Waals surface area (Å²) in [6.07, 6.45) is 0.810. The van der Waals surface area contributed by atoms with Crippen molar-refractivity contribution in [2.24, 2.45) is 0 Å². The lowest BCUT2D eigenvalue weighted by atomic mass is 9.97. The predicted octanol–water partition coefficient (Wildman–Crippen LogP) is 2.72. The van der Waals surface area contributed by atoms with Crippen LogP contribution in [0.15, 0.2) is 48.5 Å². The number of nitrogens with zero attached hydrogens (tertiary/aromatic N) is 2. The van der Waals surface area contributed by atoms with Crippen LogP contribution in [0.2, 0.25) is 0 Å². The Morgan fingerprint density at radius 3 is 2.71 bits per heavy atom. The summed E-state index contributed by atoms with van der Waals surface area (Å²) in [5.41, 5.74) is 3.25. The Balaban J connectivity index is 1.23. The highest BCUT2D eigenvalue weighted by Gasteiger charge is 2.35. The topological polar surface area (TPSA) is 70.2 Å². The predicted molar refractivity (Wildman–Crippen MR) is 110 cm³/mol. The van der Waals surface area contributed by atoms with Crippen LogP contribution < -0.4 is 10.1 Å². The van der Waals surface area contributed by atoms with Crippen molar-refractivity contribution < 1.29 is 9.53 Å². The first-order valence-electron chi connectivity index (χ1n) is 9.73. The summed E-state index contributed by atoms with van der Waals surface area (Å²) in [6, 6.07) is 15.9. The van der Waals surface area contributed by atoms with Crippen LogP contribution in [0.5, 0.6) is 5.75 Å². The van der Waals surface area contributed by atoms with E-state index in [2.05, 4.69) is 20.2 Å². The zero-order valence-corrected chi connectivity index (χ0v) is 16.3. The number of H-pyrrole nitrogens is 1. The van der Waals surface area contributed by atoms with Gasteiger partial charge in [0.2, 0.25) is 5.91 Å². The van der Waals surface area contributed by atoms with Crippen molar-refractivity contribution >= 4 is 16.9 Å². The number of methoxy groups -OCH3 is 1. The van der Waals surface area contributed by atoms with E-state index >= 15 is 0 Å². The Morgan fingerprint density at radius 1 is 1.25 bits per heavy atom. The van der Waals surface area contributed by atoms with Gasteiger partial charge in [-0.3, -0.25) is 9.69 Å². The molecule has 1 atom stereocenters. The van der Waals surface area contributed by atoms with Crippen molar-refractivity contribution in [2.45, 2.75) is 25.3 Å². The Labute approximate surface area is 164 Å². The van der Waals surface area contributed by atoms with Gasteiger partial charge >= 0.3 is 0 Å². The van der Waals surface area contributed by atoms with Crippen molar-refractivity contribution in [1.82, 2.24) is 20.2 Å². The average molecular weight is 378 g/mol.